The lowest BCUT2D eigenvalue weighted by Crippen LogP contribution is -2.39. The van der Waals surface area contributed by atoms with E-state index in [1.807, 2.05) is 12.1 Å². The van der Waals surface area contributed by atoms with E-state index in [4.69, 9.17) is 5.73 Å². The number of pyridine rings is 1. The van der Waals surface area contributed by atoms with Gasteiger partial charge in [0.2, 0.25) is 0 Å². The topological polar surface area (TPSA) is 68.0 Å². The number of rotatable bonds is 3. The Kier molecular flexibility index (Phi) is 2.97. The van der Waals surface area contributed by atoms with E-state index in [-0.39, 0.29) is 5.91 Å². The molecule has 1 heterocycles. The van der Waals surface area contributed by atoms with Crippen molar-refractivity contribution in [3.05, 3.63) is 29.6 Å². The van der Waals surface area contributed by atoms with Crippen LogP contribution < -0.4 is 11.1 Å². The molecule has 4 heteroatoms. The van der Waals surface area contributed by atoms with Gasteiger partial charge in [-0.15, -0.1) is 0 Å². The first-order chi connectivity index (χ1) is 7.29. The first kappa shape index (κ1) is 10.1. The molecule has 3 N–H and O–H groups in total. The van der Waals surface area contributed by atoms with Crippen LogP contribution in [0.25, 0.3) is 0 Å². The van der Waals surface area contributed by atoms with E-state index in [0.29, 0.717) is 18.3 Å². The average Bonchev–Trinajstić information content (AvgIpc) is 2.23. The summed E-state index contributed by atoms with van der Waals surface area (Å²) in [5.41, 5.74) is 6.67. The number of nitrogens with one attached hydrogen (secondary N) is 1. The molecule has 1 aromatic heterocycles. The summed E-state index contributed by atoms with van der Waals surface area (Å²) >= 11 is 0. The summed E-state index contributed by atoms with van der Waals surface area (Å²) in [6.07, 6.45) is 3.38. The molecule has 80 valence electrons. The second-order valence-corrected chi connectivity index (χ2v) is 3.82. The minimum absolute atomic E-state index is 0.0880. The Hall–Kier alpha value is -1.42. The fourth-order valence-corrected chi connectivity index (χ4v) is 1.53. The lowest BCUT2D eigenvalue weighted by molar-refractivity contribution is 0.0911. The number of amides is 1. The molecule has 1 aromatic rings. The van der Waals surface area contributed by atoms with Crippen molar-refractivity contribution in [3.63, 3.8) is 0 Å². The highest BCUT2D eigenvalue weighted by Crippen LogP contribution is 2.18. The monoisotopic (exact) mass is 205 g/mol. The van der Waals surface area contributed by atoms with Gasteiger partial charge in [-0.05, 0) is 31.4 Å². The standard InChI is InChI=1S/C11H15N3O/c12-7-9-5-2-6-10(13-9)11(15)14-8-3-1-4-8/h2,5-6,8H,1,3-4,7,12H2,(H,14,15). The molecule has 1 amide bonds. The Morgan fingerprint density at radius 2 is 2.33 bits per heavy atom. The van der Waals surface area contributed by atoms with Crippen molar-refractivity contribution in [2.75, 3.05) is 0 Å². The molecule has 0 atom stereocenters. The zero-order valence-corrected chi connectivity index (χ0v) is 8.57. The van der Waals surface area contributed by atoms with Crippen LogP contribution in [0, 0.1) is 0 Å². The molecule has 15 heavy (non-hydrogen) atoms. The largest absolute Gasteiger partial charge is 0.348 e. The third-order valence-electron chi connectivity index (χ3n) is 2.69. The lowest BCUT2D eigenvalue weighted by atomic mass is 9.93. The molecule has 0 unspecified atom stereocenters. The van der Waals surface area contributed by atoms with Gasteiger partial charge in [-0.1, -0.05) is 6.07 Å². The van der Waals surface area contributed by atoms with E-state index in [9.17, 15) is 4.79 Å². The molecule has 0 aromatic carbocycles. The highest BCUT2D eigenvalue weighted by molar-refractivity contribution is 5.92. The second-order valence-electron chi connectivity index (χ2n) is 3.82. The molecule has 0 saturated heterocycles. The number of carbonyl (C=O) groups excluding carboxylic acids is 1. The van der Waals surface area contributed by atoms with Crippen molar-refractivity contribution in [2.45, 2.75) is 31.8 Å². The van der Waals surface area contributed by atoms with Gasteiger partial charge in [0.15, 0.2) is 0 Å². The first-order valence-electron chi connectivity index (χ1n) is 5.26. The molecular formula is C11H15N3O. The van der Waals surface area contributed by atoms with Gasteiger partial charge in [-0.25, -0.2) is 4.98 Å². The fourth-order valence-electron chi connectivity index (χ4n) is 1.53. The maximum absolute atomic E-state index is 11.7. The molecule has 0 aliphatic heterocycles. The predicted molar refractivity (Wildman–Crippen MR) is 57.2 cm³/mol. The normalized spacial score (nSPS) is 15.8. The minimum atomic E-state index is -0.0880. The summed E-state index contributed by atoms with van der Waals surface area (Å²) in [6.45, 7) is 0.366. The average molecular weight is 205 g/mol. The van der Waals surface area contributed by atoms with Crippen molar-refractivity contribution in [1.82, 2.24) is 10.3 Å². The molecular weight excluding hydrogens is 190 g/mol. The van der Waals surface area contributed by atoms with E-state index in [0.717, 1.165) is 18.5 Å². The molecule has 0 spiro atoms. The zero-order valence-electron chi connectivity index (χ0n) is 8.57. The van der Waals surface area contributed by atoms with Gasteiger partial charge >= 0.3 is 0 Å². The van der Waals surface area contributed by atoms with Gasteiger partial charge in [-0.3, -0.25) is 4.79 Å². The minimum Gasteiger partial charge on any atom is -0.348 e. The quantitative estimate of drug-likeness (QED) is 0.767. The Labute approximate surface area is 88.9 Å². The number of hydrogen-bond acceptors (Lipinski definition) is 3. The van der Waals surface area contributed by atoms with Crippen LogP contribution in [0.2, 0.25) is 0 Å². The zero-order chi connectivity index (χ0) is 10.7. The van der Waals surface area contributed by atoms with E-state index >= 15 is 0 Å². The number of hydrogen-bond donors (Lipinski definition) is 2. The summed E-state index contributed by atoms with van der Waals surface area (Å²) in [6, 6.07) is 5.69. The highest BCUT2D eigenvalue weighted by atomic mass is 16.1. The van der Waals surface area contributed by atoms with Crippen LogP contribution in [0.1, 0.15) is 35.4 Å². The van der Waals surface area contributed by atoms with Crippen molar-refractivity contribution in [3.8, 4) is 0 Å². The first-order valence-corrected chi connectivity index (χ1v) is 5.26. The smallest absolute Gasteiger partial charge is 0.270 e. The SMILES string of the molecule is NCc1cccc(C(=O)NC2CCC2)n1. The van der Waals surface area contributed by atoms with Gasteiger partial charge in [0.1, 0.15) is 5.69 Å². The summed E-state index contributed by atoms with van der Waals surface area (Å²) in [7, 11) is 0. The number of nitrogens with two attached hydrogens (primary N) is 1. The number of aromatic nitrogens is 1. The number of nitrogens with zero attached hydrogens (tertiary/aromatic N) is 1. The van der Waals surface area contributed by atoms with Crippen LogP contribution in [0.4, 0.5) is 0 Å². The van der Waals surface area contributed by atoms with Gasteiger partial charge in [-0.2, -0.15) is 0 Å². The molecule has 2 rings (SSSR count). The van der Waals surface area contributed by atoms with Crippen molar-refractivity contribution in [1.29, 1.82) is 0 Å². The van der Waals surface area contributed by atoms with Crippen LogP contribution in [-0.2, 0) is 6.54 Å². The maximum atomic E-state index is 11.7. The second kappa shape index (κ2) is 4.40. The summed E-state index contributed by atoms with van der Waals surface area (Å²) in [5, 5.41) is 2.94. The summed E-state index contributed by atoms with van der Waals surface area (Å²) < 4.78 is 0. The van der Waals surface area contributed by atoms with E-state index in [2.05, 4.69) is 10.3 Å². The molecule has 1 saturated carbocycles. The summed E-state index contributed by atoms with van der Waals surface area (Å²) in [4.78, 5) is 15.9. The Morgan fingerprint density at radius 3 is 2.93 bits per heavy atom. The fraction of sp³-hybridized carbons (Fsp3) is 0.455. The van der Waals surface area contributed by atoms with Crippen LogP contribution in [0.5, 0.6) is 0 Å². The predicted octanol–water partition coefficient (Wildman–Crippen LogP) is 0.823. The van der Waals surface area contributed by atoms with E-state index < -0.39 is 0 Å². The molecule has 0 bridgehead atoms. The van der Waals surface area contributed by atoms with Gasteiger partial charge in [0.05, 0.1) is 5.69 Å². The lowest BCUT2D eigenvalue weighted by Gasteiger charge is -2.26. The maximum Gasteiger partial charge on any atom is 0.270 e. The highest BCUT2D eigenvalue weighted by Gasteiger charge is 2.20. The number of carbonyl (C=O) groups is 1. The van der Waals surface area contributed by atoms with Crippen LogP contribution >= 0.6 is 0 Å². The Bertz CT molecular complexity index is 361. The van der Waals surface area contributed by atoms with E-state index in [1.54, 1.807) is 6.07 Å². The van der Waals surface area contributed by atoms with Crippen molar-refractivity contribution in [2.24, 2.45) is 5.73 Å². The van der Waals surface area contributed by atoms with Gasteiger partial charge in [0.25, 0.3) is 5.91 Å². The van der Waals surface area contributed by atoms with Crippen molar-refractivity contribution < 1.29 is 4.79 Å². The Morgan fingerprint density at radius 1 is 1.53 bits per heavy atom. The van der Waals surface area contributed by atoms with E-state index in [1.165, 1.54) is 6.42 Å². The molecule has 1 aliphatic carbocycles. The van der Waals surface area contributed by atoms with Crippen LogP contribution in [0.15, 0.2) is 18.2 Å². The molecule has 4 nitrogen and oxygen atoms in total. The molecule has 0 radical (unpaired) electrons. The third-order valence-corrected chi connectivity index (χ3v) is 2.69. The third kappa shape index (κ3) is 2.33. The van der Waals surface area contributed by atoms with Gasteiger partial charge < -0.3 is 11.1 Å². The van der Waals surface area contributed by atoms with Crippen LogP contribution in [0.3, 0.4) is 0 Å². The van der Waals surface area contributed by atoms with Gasteiger partial charge in [0, 0.05) is 12.6 Å². The molecule has 1 fully saturated rings. The molecule has 1 aliphatic rings. The van der Waals surface area contributed by atoms with Crippen molar-refractivity contribution >= 4 is 5.91 Å². The summed E-state index contributed by atoms with van der Waals surface area (Å²) in [5.74, 6) is -0.0880. The Balaban J connectivity index is 2.03. The van der Waals surface area contributed by atoms with Crippen LogP contribution in [-0.4, -0.2) is 16.9 Å².